The second-order valence-electron chi connectivity index (χ2n) is 6.95. The summed E-state index contributed by atoms with van der Waals surface area (Å²) in [6, 6.07) is 5.46. The van der Waals surface area contributed by atoms with Crippen molar-refractivity contribution in [1.29, 1.82) is 0 Å². The van der Waals surface area contributed by atoms with E-state index in [1.165, 1.54) is 56.2 Å². The Morgan fingerprint density at radius 1 is 1.21 bits per heavy atom. The highest BCUT2D eigenvalue weighted by molar-refractivity contribution is 5.25. The van der Waals surface area contributed by atoms with E-state index in [4.69, 9.17) is 0 Å². The number of hydrogen-bond acceptors (Lipinski definition) is 2. The van der Waals surface area contributed by atoms with Crippen LogP contribution < -0.4 is 5.32 Å². The second-order valence-corrected chi connectivity index (χ2v) is 6.95. The van der Waals surface area contributed by atoms with Crippen LogP contribution in [0.4, 0.5) is 0 Å². The molecule has 1 fully saturated rings. The topological polar surface area (TPSA) is 24.9 Å². The number of pyridine rings is 1. The third-order valence-corrected chi connectivity index (χ3v) is 5.10. The zero-order valence-electron chi connectivity index (χ0n) is 12.3. The molecule has 1 aromatic rings. The first-order chi connectivity index (χ1) is 9.17. The van der Waals surface area contributed by atoms with Gasteiger partial charge in [-0.2, -0.15) is 0 Å². The molecule has 2 aliphatic carbocycles. The quantitative estimate of drug-likeness (QED) is 0.866. The second kappa shape index (κ2) is 5.24. The Kier molecular flexibility index (Phi) is 3.62. The predicted molar refractivity (Wildman–Crippen MR) is 79.1 cm³/mol. The number of hydrogen-bond donors (Lipinski definition) is 1. The van der Waals surface area contributed by atoms with E-state index in [1.54, 1.807) is 0 Å². The minimum absolute atomic E-state index is 0.435. The standard InChI is InChI=1S/C17H26N2/c1-17(2)11-4-3-10-15(17)19-14-9-5-7-13-8-6-12-18-16(13)14/h6,8,12,14-15,19H,3-5,7,9-11H2,1-2H3. The zero-order valence-corrected chi connectivity index (χ0v) is 12.3. The molecule has 1 aromatic heterocycles. The number of nitrogens with one attached hydrogen (secondary N) is 1. The summed E-state index contributed by atoms with van der Waals surface area (Å²) in [4.78, 5) is 4.65. The molecule has 0 aliphatic heterocycles. The lowest BCUT2D eigenvalue weighted by Crippen LogP contribution is -2.46. The molecule has 0 spiro atoms. The Morgan fingerprint density at radius 2 is 2.11 bits per heavy atom. The summed E-state index contributed by atoms with van der Waals surface area (Å²) < 4.78 is 0. The molecule has 0 radical (unpaired) electrons. The Labute approximate surface area is 117 Å². The van der Waals surface area contributed by atoms with Crippen LogP contribution in [0.1, 0.15) is 69.7 Å². The van der Waals surface area contributed by atoms with Crippen molar-refractivity contribution >= 4 is 0 Å². The molecule has 2 aliphatic rings. The smallest absolute Gasteiger partial charge is 0.0605 e. The first-order valence-corrected chi connectivity index (χ1v) is 7.87. The van der Waals surface area contributed by atoms with Gasteiger partial charge in [-0.25, -0.2) is 0 Å². The third-order valence-electron chi connectivity index (χ3n) is 5.10. The Bertz CT molecular complexity index is 439. The van der Waals surface area contributed by atoms with E-state index in [1.807, 2.05) is 6.20 Å². The van der Waals surface area contributed by atoms with Crippen molar-refractivity contribution < 1.29 is 0 Å². The molecule has 0 aromatic carbocycles. The number of aromatic nitrogens is 1. The van der Waals surface area contributed by atoms with Crippen molar-refractivity contribution in [3.05, 3.63) is 29.6 Å². The van der Waals surface area contributed by atoms with Gasteiger partial charge in [-0.3, -0.25) is 4.98 Å². The number of fused-ring (bicyclic) bond motifs is 1. The lowest BCUT2D eigenvalue weighted by molar-refractivity contribution is 0.150. The molecule has 3 rings (SSSR count). The van der Waals surface area contributed by atoms with Crippen LogP contribution >= 0.6 is 0 Å². The Balaban J connectivity index is 1.77. The molecular formula is C17H26N2. The normalized spacial score (nSPS) is 29.8. The minimum atomic E-state index is 0.435. The van der Waals surface area contributed by atoms with Gasteiger partial charge in [-0.1, -0.05) is 32.8 Å². The van der Waals surface area contributed by atoms with Crippen molar-refractivity contribution in [3.63, 3.8) is 0 Å². The lowest BCUT2D eigenvalue weighted by Gasteiger charge is -2.42. The molecule has 1 saturated carbocycles. The van der Waals surface area contributed by atoms with E-state index in [0.29, 0.717) is 17.5 Å². The summed E-state index contributed by atoms with van der Waals surface area (Å²) in [5.41, 5.74) is 3.21. The van der Waals surface area contributed by atoms with Crippen LogP contribution in [0.25, 0.3) is 0 Å². The highest BCUT2D eigenvalue weighted by Gasteiger charge is 2.34. The average molecular weight is 258 g/mol. The Hall–Kier alpha value is -0.890. The molecule has 2 atom stereocenters. The van der Waals surface area contributed by atoms with Gasteiger partial charge >= 0.3 is 0 Å². The molecular weight excluding hydrogens is 232 g/mol. The van der Waals surface area contributed by atoms with Crippen LogP contribution in [-0.4, -0.2) is 11.0 Å². The van der Waals surface area contributed by atoms with Gasteiger partial charge in [0.1, 0.15) is 0 Å². The van der Waals surface area contributed by atoms with Crippen molar-refractivity contribution in [1.82, 2.24) is 10.3 Å². The molecule has 1 N–H and O–H groups in total. The molecule has 0 saturated heterocycles. The highest BCUT2D eigenvalue weighted by Crippen LogP contribution is 2.38. The first kappa shape index (κ1) is 13.1. The highest BCUT2D eigenvalue weighted by atomic mass is 15.0. The maximum atomic E-state index is 4.65. The van der Waals surface area contributed by atoms with Crippen LogP contribution in [0.2, 0.25) is 0 Å². The Morgan fingerprint density at radius 3 is 2.95 bits per heavy atom. The van der Waals surface area contributed by atoms with Crippen LogP contribution in [0.5, 0.6) is 0 Å². The van der Waals surface area contributed by atoms with Crippen LogP contribution in [0, 0.1) is 5.41 Å². The summed E-state index contributed by atoms with van der Waals surface area (Å²) >= 11 is 0. The first-order valence-electron chi connectivity index (χ1n) is 7.87. The van der Waals surface area contributed by atoms with E-state index >= 15 is 0 Å². The lowest BCUT2D eigenvalue weighted by atomic mass is 9.72. The fourth-order valence-electron chi connectivity index (χ4n) is 3.82. The van der Waals surface area contributed by atoms with Gasteiger partial charge in [0.2, 0.25) is 0 Å². The largest absolute Gasteiger partial charge is 0.305 e. The van der Waals surface area contributed by atoms with Gasteiger partial charge in [0, 0.05) is 18.3 Å². The van der Waals surface area contributed by atoms with E-state index in [2.05, 4.69) is 36.3 Å². The molecule has 19 heavy (non-hydrogen) atoms. The van der Waals surface area contributed by atoms with Crippen LogP contribution in [-0.2, 0) is 6.42 Å². The van der Waals surface area contributed by atoms with Gasteiger partial charge in [-0.05, 0) is 49.1 Å². The molecule has 104 valence electrons. The van der Waals surface area contributed by atoms with E-state index < -0.39 is 0 Å². The van der Waals surface area contributed by atoms with Gasteiger partial charge in [0.05, 0.1) is 5.69 Å². The minimum Gasteiger partial charge on any atom is -0.305 e. The molecule has 1 heterocycles. The van der Waals surface area contributed by atoms with Crippen molar-refractivity contribution in [2.24, 2.45) is 5.41 Å². The van der Waals surface area contributed by atoms with Crippen LogP contribution in [0.15, 0.2) is 18.3 Å². The molecule has 2 nitrogen and oxygen atoms in total. The van der Waals surface area contributed by atoms with Crippen molar-refractivity contribution in [2.75, 3.05) is 0 Å². The van der Waals surface area contributed by atoms with Gasteiger partial charge in [0.15, 0.2) is 0 Å². The molecule has 0 amide bonds. The monoisotopic (exact) mass is 258 g/mol. The van der Waals surface area contributed by atoms with E-state index in [-0.39, 0.29) is 0 Å². The summed E-state index contributed by atoms with van der Waals surface area (Å²) in [7, 11) is 0. The summed E-state index contributed by atoms with van der Waals surface area (Å²) in [6.07, 6.45) is 11.1. The molecule has 0 bridgehead atoms. The molecule has 2 unspecified atom stereocenters. The number of aryl methyl sites for hydroxylation is 1. The zero-order chi connectivity index (χ0) is 13.3. The summed E-state index contributed by atoms with van der Waals surface area (Å²) in [5.74, 6) is 0. The number of nitrogens with zero attached hydrogens (tertiary/aromatic N) is 1. The fourth-order valence-corrected chi connectivity index (χ4v) is 3.82. The fraction of sp³-hybridized carbons (Fsp3) is 0.706. The average Bonchev–Trinajstić information content (AvgIpc) is 2.41. The maximum absolute atomic E-state index is 4.65. The third kappa shape index (κ3) is 2.69. The predicted octanol–water partition coefficient (Wildman–Crippen LogP) is 4.02. The maximum Gasteiger partial charge on any atom is 0.0605 e. The van der Waals surface area contributed by atoms with E-state index in [9.17, 15) is 0 Å². The molecule has 2 heteroatoms. The summed E-state index contributed by atoms with van der Waals surface area (Å²) in [5, 5.41) is 3.94. The van der Waals surface area contributed by atoms with Gasteiger partial charge < -0.3 is 5.32 Å². The van der Waals surface area contributed by atoms with Crippen LogP contribution in [0.3, 0.4) is 0 Å². The van der Waals surface area contributed by atoms with Crippen molar-refractivity contribution in [2.45, 2.75) is 70.9 Å². The number of rotatable bonds is 2. The van der Waals surface area contributed by atoms with Crippen molar-refractivity contribution in [3.8, 4) is 0 Å². The summed E-state index contributed by atoms with van der Waals surface area (Å²) in [6.45, 7) is 4.85. The van der Waals surface area contributed by atoms with Gasteiger partial charge in [-0.15, -0.1) is 0 Å². The van der Waals surface area contributed by atoms with E-state index in [0.717, 1.165) is 0 Å². The van der Waals surface area contributed by atoms with Gasteiger partial charge in [0.25, 0.3) is 0 Å². The SMILES string of the molecule is CC1(C)CCCCC1NC1CCCc2cccnc21.